The predicted octanol–water partition coefficient (Wildman–Crippen LogP) is 1.64. The van der Waals surface area contributed by atoms with Gasteiger partial charge in [0.05, 0.1) is 5.54 Å². The van der Waals surface area contributed by atoms with E-state index in [4.69, 9.17) is 5.73 Å². The second-order valence-electron chi connectivity index (χ2n) is 9.77. The number of nitrogens with one attached hydrogen (secondary N) is 4. The van der Waals surface area contributed by atoms with E-state index in [9.17, 15) is 14.4 Å². The highest BCUT2D eigenvalue weighted by Crippen LogP contribution is 2.19. The van der Waals surface area contributed by atoms with Gasteiger partial charge in [0.2, 0.25) is 11.8 Å². The molecule has 0 spiro atoms. The number of para-hydroxylation sites is 1. The molecule has 3 rings (SSSR count). The van der Waals surface area contributed by atoms with E-state index < -0.39 is 29.4 Å². The molecule has 9 heteroatoms. The minimum atomic E-state index is -1.17. The van der Waals surface area contributed by atoms with Gasteiger partial charge in [0.15, 0.2) is 0 Å². The number of hydrazine groups is 1. The Bertz CT molecular complexity index is 1180. The van der Waals surface area contributed by atoms with E-state index in [-0.39, 0.29) is 12.3 Å². The van der Waals surface area contributed by atoms with Crippen LogP contribution in [-0.4, -0.2) is 59.4 Å². The van der Waals surface area contributed by atoms with Gasteiger partial charge in [-0.3, -0.25) is 19.8 Å². The summed E-state index contributed by atoms with van der Waals surface area (Å²) in [5.41, 5.74) is 10.4. The molecule has 192 valence electrons. The maximum absolute atomic E-state index is 13.5. The minimum absolute atomic E-state index is 0.234. The van der Waals surface area contributed by atoms with Gasteiger partial charge in [0.25, 0.3) is 5.91 Å². The van der Waals surface area contributed by atoms with Crippen molar-refractivity contribution in [3.63, 3.8) is 0 Å². The fourth-order valence-corrected chi connectivity index (χ4v) is 3.87. The summed E-state index contributed by atoms with van der Waals surface area (Å²) in [5.74, 6) is -1.24. The van der Waals surface area contributed by atoms with Gasteiger partial charge in [0, 0.05) is 37.6 Å². The third-order valence-electron chi connectivity index (χ3n) is 5.84. The van der Waals surface area contributed by atoms with Crippen LogP contribution in [0.25, 0.3) is 10.9 Å². The van der Waals surface area contributed by atoms with Crippen LogP contribution in [0.4, 0.5) is 0 Å². The van der Waals surface area contributed by atoms with E-state index in [1.54, 1.807) is 27.9 Å². The Morgan fingerprint density at radius 1 is 0.944 bits per heavy atom. The second kappa shape index (κ2) is 11.8. The number of nitrogens with zero attached hydrogens (tertiary/aromatic N) is 1. The minimum Gasteiger partial charge on any atom is -0.361 e. The van der Waals surface area contributed by atoms with Crippen LogP contribution in [0.2, 0.25) is 0 Å². The number of hydrogen-bond acceptors (Lipinski definition) is 5. The fourth-order valence-electron chi connectivity index (χ4n) is 3.87. The molecule has 0 bridgehead atoms. The van der Waals surface area contributed by atoms with Crippen LogP contribution in [0.3, 0.4) is 0 Å². The van der Waals surface area contributed by atoms with Gasteiger partial charge in [-0.05, 0) is 43.9 Å². The number of H-pyrrole nitrogens is 1. The highest BCUT2D eigenvalue weighted by Gasteiger charge is 2.31. The zero-order valence-electron chi connectivity index (χ0n) is 21.3. The van der Waals surface area contributed by atoms with Crippen LogP contribution >= 0.6 is 0 Å². The van der Waals surface area contributed by atoms with Crippen LogP contribution in [0.15, 0.2) is 60.8 Å². The van der Waals surface area contributed by atoms with Crippen molar-refractivity contribution in [3.05, 3.63) is 71.9 Å². The maximum atomic E-state index is 13.5. The Balaban J connectivity index is 1.82. The van der Waals surface area contributed by atoms with Crippen molar-refractivity contribution in [3.8, 4) is 0 Å². The number of aromatic amines is 1. The summed E-state index contributed by atoms with van der Waals surface area (Å²) in [4.78, 5) is 42.4. The monoisotopic (exact) mass is 492 g/mol. The molecule has 2 aromatic carbocycles. The Morgan fingerprint density at radius 2 is 1.61 bits per heavy atom. The summed E-state index contributed by atoms with van der Waals surface area (Å²) in [7, 11) is 3.41. The first-order chi connectivity index (χ1) is 17.0. The first-order valence-electron chi connectivity index (χ1n) is 12.0. The SMILES string of the molecule is CN(C)NC(=O)C(CCc1ccccc1)NC(=O)[C@@H](Cc1c[nH]c2ccccc12)NC(=O)C(C)(C)N. The molecule has 3 amide bonds. The lowest BCUT2D eigenvalue weighted by molar-refractivity contribution is -0.134. The number of rotatable bonds is 11. The van der Waals surface area contributed by atoms with Crippen LogP contribution in [0.5, 0.6) is 0 Å². The summed E-state index contributed by atoms with van der Waals surface area (Å²) in [6.45, 7) is 3.16. The topological polar surface area (TPSA) is 132 Å². The normalized spacial score (nSPS) is 13.3. The lowest BCUT2D eigenvalue weighted by Crippen LogP contribution is -2.59. The number of fused-ring (bicyclic) bond motifs is 1. The first kappa shape index (κ1) is 26.9. The number of hydrogen-bond donors (Lipinski definition) is 5. The molecule has 3 aromatic rings. The number of aryl methyl sites for hydroxylation is 1. The van der Waals surface area contributed by atoms with Gasteiger partial charge in [-0.1, -0.05) is 48.5 Å². The zero-order chi connectivity index (χ0) is 26.3. The molecular formula is C27H36N6O3. The third kappa shape index (κ3) is 7.40. The molecule has 1 aromatic heterocycles. The van der Waals surface area contributed by atoms with E-state index in [0.29, 0.717) is 12.8 Å². The van der Waals surface area contributed by atoms with E-state index in [1.807, 2.05) is 60.8 Å². The Hall–Kier alpha value is -3.69. The molecule has 0 aliphatic carbocycles. The molecule has 2 atom stereocenters. The van der Waals surface area contributed by atoms with Crippen molar-refractivity contribution in [2.75, 3.05) is 14.1 Å². The van der Waals surface area contributed by atoms with Crippen molar-refractivity contribution in [2.24, 2.45) is 5.73 Å². The summed E-state index contributed by atoms with van der Waals surface area (Å²) in [6.07, 6.45) is 3.06. The Morgan fingerprint density at radius 3 is 2.28 bits per heavy atom. The van der Waals surface area contributed by atoms with Crippen LogP contribution < -0.4 is 21.8 Å². The standard InChI is InChI=1S/C27H36N6O3/c1-27(2,28)26(36)31-23(16-19-17-29-21-13-9-8-12-20(19)21)24(34)30-22(25(35)32-33(3)4)15-14-18-10-6-5-7-11-18/h5-13,17,22-23,29H,14-16,28H2,1-4H3,(H,30,34)(H,31,36)(H,32,35)/t22?,23-/m1/s1. The molecule has 6 N–H and O–H groups in total. The van der Waals surface area contributed by atoms with Crippen molar-refractivity contribution >= 4 is 28.6 Å². The summed E-state index contributed by atoms with van der Waals surface area (Å²) >= 11 is 0. The van der Waals surface area contributed by atoms with Gasteiger partial charge < -0.3 is 21.4 Å². The van der Waals surface area contributed by atoms with Crippen molar-refractivity contribution in [1.82, 2.24) is 26.1 Å². The number of amides is 3. The van der Waals surface area contributed by atoms with Crippen molar-refractivity contribution in [2.45, 2.75) is 50.7 Å². The average Bonchev–Trinajstić information content (AvgIpc) is 3.23. The van der Waals surface area contributed by atoms with E-state index in [0.717, 1.165) is 22.0 Å². The number of nitrogens with two attached hydrogens (primary N) is 1. The highest BCUT2D eigenvalue weighted by molar-refractivity contribution is 5.94. The van der Waals surface area contributed by atoms with Gasteiger partial charge in [-0.15, -0.1) is 0 Å². The summed E-state index contributed by atoms with van der Waals surface area (Å²) in [5, 5.41) is 8.15. The number of benzene rings is 2. The zero-order valence-corrected chi connectivity index (χ0v) is 21.3. The smallest absolute Gasteiger partial charge is 0.256 e. The van der Waals surface area contributed by atoms with E-state index in [2.05, 4.69) is 21.0 Å². The third-order valence-corrected chi connectivity index (χ3v) is 5.84. The molecular weight excluding hydrogens is 456 g/mol. The lowest BCUT2D eigenvalue weighted by Gasteiger charge is -2.26. The molecule has 1 unspecified atom stereocenters. The molecule has 0 aliphatic rings. The molecule has 0 radical (unpaired) electrons. The Kier molecular flexibility index (Phi) is 8.84. The number of carbonyl (C=O) groups is 3. The molecule has 0 saturated carbocycles. The van der Waals surface area contributed by atoms with Crippen LogP contribution in [0, 0.1) is 0 Å². The van der Waals surface area contributed by atoms with Crippen LogP contribution in [0.1, 0.15) is 31.4 Å². The quantitative estimate of drug-likeness (QED) is 0.260. The lowest BCUT2D eigenvalue weighted by atomic mass is 10.00. The van der Waals surface area contributed by atoms with Crippen molar-refractivity contribution < 1.29 is 14.4 Å². The molecule has 0 saturated heterocycles. The fraction of sp³-hybridized carbons (Fsp3) is 0.370. The van der Waals surface area contributed by atoms with Gasteiger partial charge >= 0.3 is 0 Å². The molecule has 0 fully saturated rings. The molecule has 0 aliphatic heterocycles. The number of aromatic nitrogens is 1. The average molecular weight is 493 g/mol. The molecule has 9 nitrogen and oxygen atoms in total. The van der Waals surface area contributed by atoms with Gasteiger partial charge in [-0.2, -0.15) is 0 Å². The molecule has 36 heavy (non-hydrogen) atoms. The summed E-state index contributed by atoms with van der Waals surface area (Å²) in [6, 6.07) is 15.8. The first-order valence-corrected chi connectivity index (χ1v) is 12.0. The van der Waals surface area contributed by atoms with E-state index >= 15 is 0 Å². The van der Waals surface area contributed by atoms with E-state index in [1.165, 1.54) is 5.01 Å². The van der Waals surface area contributed by atoms with Crippen LogP contribution in [-0.2, 0) is 27.2 Å². The van der Waals surface area contributed by atoms with Crippen molar-refractivity contribution in [1.29, 1.82) is 0 Å². The second-order valence-corrected chi connectivity index (χ2v) is 9.77. The highest BCUT2D eigenvalue weighted by atomic mass is 16.2. The van der Waals surface area contributed by atoms with Gasteiger partial charge in [0.1, 0.15) is 12.1 Å². The Labute approximate surface area is 211 Å². The largest absolute Gasteiger partial charge is 0.361 e. The molecule has 1 heterocycles. The number of carbonyl (C=O) groups excluding carboxylic acids is 3. The maximum Gasteiger partial charge on any atom is 0.256 e. The predicted molar refractivity (Wildman–Crippen MR) is 141 cm³/mol. The summed E-state index contributed by atoms with van der Waals surface area (Å²) < 4.78 is 0. The van der Waals surface area contributed by atoms with Gasteiger partial charge in [-0.25, -0.2) is 5.01 Å².